The van der Waals surface area contributed by atoms with Crippen LogP contribution in [0.4, 0.5) is 4.39 Å². The second kappa shape index (κ2) is 6.83. The predicted molar refractivity (Wildman–Crippen MR) is 80.3 cm³/mol. The van der Waals surface area contributed by atoms with Gasteiger partial charge in [0.25, 0.3) is 0 Å². The Hall–Kier alpha value is -1.19. The van der Waals surface area contributed by atoms with Crippen LogP contribution in [0.2, 0.25) is 0 Å². The number of benzene rings is 1. The van der Waals surface area contributed by atoms with Crippen LogP contribution in [0.15, 0.2) is 35.7 Å². The highest BCUT2D eigenvalue weighted by atomic mass is 32.1. The summed E-state index contributed by atoms with van der Waals surface area (Å²) in [4.78, 5) is 1.39. The van der Waals surface area contributed by atoms with Crippen LogP contribution in [-0.2, 0) is 12.8 Å². The van der Waals surface area contributed by atoms with Crippen molar-refractivity contribution in [2.45, 2.75) is 32.7 Å². The number of hydrogen-bond acceptors (Lipinski definition) is 2. The zero-order chi connectivity index (χ0) is 13.7. The number of rotatable bonds is 6. The standard InChI is InChI=1S/C16H20FNS/c1-3-18-15(11-16-5-4-8-19-16)10-13-6-7-14(17)9-12(13)2/h4-9,15,18H,3,10-11H2,1-2H3. The molecule has 1 aromatic heterocycles. The maximum atomic E-state index is 13.1. The molecule has 0 saturated carbocycles. The van der Waals surface area contributed by atoms with E-state index in [1.165, 1.54) is 10.4 Å². The summed E-state index contributed by atoms with van der Waals surface area (Å²) < 4.78 is 13.1. The average Bonchev–Trinajstić information content (AvgIpc) is 2.86. The number of likely N-dealkylation sites (N-methyl/N-ethyl adjacent to an activating group) is 1. The summed E-state index contributed by atoms with van der Waals surface area (Å²) in [5, 5.41) is 5.64. The molecule has 1 atom stereocenters. The quantitative estimate of drug-likeness (QED) is 0.842. The minimum Gasteiger partial charge on any atom is -0.314 e. The molecule has 0 spiro atoms. The SMILES string of the molecule is CCNC(Cc1cccs1)Cc1ccc(F)cc1C. The molecule has 1 aromatic carbocycles. The number of thiophene rings is 1. The Morgan fingerprint density at radius 1 is 1.26 bits per heavy atom. The summed E-state index contributed by atoms with van der Waals surface area (Å²) in [6.45, 7) is 5.06. The predicted octanol–water partition coefficient (Wildman–Crippen LogP) is 3.96. The summed E-state index contributed by atoms with van der Waals surface area (Å²) in [6, 6.07) is 9.75. The number of hydrogen-bond donors (Lipinski definition) is 1. The van der Waals surface area contributed by atoms with Gasteiger partial charge in [-0.2, -0.15) is 0 Å². The van der Waals surface area contributed by atoms with Crippen LogP contribution in [-0.4, -0.2) is 12.6 Å². The maximum Gasteiger partial charge on any atom is 0.123 e. The molecule has 2 aromatic rings. The number of halogens is 1. The normalized spacial score (nSPS) is 12.6. The van der Waals surface area contributed by atoms with Crippen LogP contribution >= 0.6 is 11.3 Å². The highest BCUT2D eigenvalue weighted by Gasteiger charge is 2.12. The Labute approximate surface area is 118 Å². The zero-order valence-corrected chi connectivity index (χ0v) is 12.3. The van der Waals surface area contributed by atoms with Gasteiger partial charge in [0.15, 0.2) is 0 Å². The van der Waals surface area contributed by atoms with Gasteiger partial charge in [-0.05, 0) is 61.0 Å². The van der Waals surface area contributed by atoms with Crippen molar-refractivity contribution in [2.24, 2.45) is 0 Å². The van der Waals surface area contributed by atoms with E-state index in [9.17, 15) is 4.39 Å². The Morgan fingerprint density at radius 3 is 2.74 bits per heavy atom. The first-order chi connectivity index (χ1) is 9.19. The molecule has 102 valence electrons. The van der Waals surface area contributed by atoms with Crippen LogP contribution in [0.5, 0.6) is 0 Å². The molecule has 1 heterocycles. The third kappa shape index (κ3) is 4.15. The van der Waals surface area contributed by atoms with Crippen LogP contribution < -0.4 is 5.32 Å². The van der Waals surface area contributed by atoms with E-state index in [2.05, 4.69) is 29.8 Å². The van der Waals surface area contributed by atoms with Crippen molar-refractivity contribution in [3.8, 4) is 0 Å². The Bertz CT molecular complexity index is 507. The van der Waals surface area contributed by atoms with E-state index in [1.807, 2.05) is 13.0 Å². The first kappa shape index (κ1) is 14.2. The monoisotopic (exact) mass is 277 g/mol. The summed E-state index contributed by atoms with van der Waals surface area (Å²) in [5.41, 5.74) is 2.26. The lowest BCUT2D eigenvalue weighted by Gasteiger charge is -2.18. The largest absolute Gasteiger partial charge is 0.314 e. The van der Waals surface area contributed by atoms with Gasteiger partial charge in [0.05, 0.1) is 0 Å². The fourth-order valence-corrected chi connectivity index (χ4v) is 3.12. The van der Waals surface area contributed by atoms with Crippen molar-refractivity contribution < 1.29 is 4.39 Å². The van der Waals surface area contributed by atoms with Crippen LogP contribution in [0.3, 0.4) is 0 Å². The van der Waals surface area contributed by atoms with E-state index in [1.54, 1.807) is 23.5 Å². The molecule has 1 nitrogen and oxygen atoms in total. The Morgan fingerprint density at radius 2 is 2.11 bits per heavy atom. The molecule has 0 radical (unpaired) electrons. The van der Waals surface area contributed by atoms with Crippen molar-refractivity contribution in [3.63, 3.8) is 0 Å². The van der Waals surface area contributed by atoms with Crippen LogP contribution in [0.25, 0.3) is 0 Å². The maximum absolute atomic E-state index is 13.1. The summed E-state index contributed by atoms with van der Waals surface area (Å²) in [5.74, 6) is -0.153. The smallest absolute Gasteiger partial charge is 0.123 e. The topological polar surface area (TPSA) is 12.0 Å². The van der Waals surface area contributed by atoms with Crippen molar-refractivity contribution in [2.75, 3.05) is 6.54 Å². The van der Waals surface area contributed by atoms with Gasteiger partial charge in [0.2, 0.25) is 0 Å². The van der Waals surface area contributed by atoms with E-state index in [0.717, 1.165) is 24.9 Å². The molecule has 1 N–H and O–H groups in total. The van der Waals surface area contributed by atoms with Gasteiger partial charge in [0, 0.05) is 10.9 Å². The van der Waals surface area contributed by atoms with Crippen molar-refractivity contribution in [3.05, 3.63) is 57.5 Å². The molecular formula is C16H20FNS. The van der Waals surface area contributed by atoms with Gasteiger partial charge in [-0.3, -0.25) is 0 Å². The van der Waals surface area contributed by atoms with E-state index in [4.69, 9.17) is 0 Å². The average molecular weight is 277 g/mol. The molecule has 0 aliphatic carbocycles. The molecule has 0 aliphatic heterocycles. The highest BCUT2D eigenvalue weighted by molar-refractivity contribution is 7.09. The van der Waals surface area contributed by atoms with Crippen LogP contribution in [0.1, 0.15) is 22.9 Å². The molecule has 1 unspecified atom stereocenters. The van der Waals surface area contributed by atoms with Gasteiger partial charge in [-0.25, -0.2) is 4.39 Å². The Kier molecular flexibility index (Phi) is 5.11. The van der Waals surface area contributed by atoms with Crippen LogP contribution in [0, 0.1) is 12.7 Å². The number of nitrogens with one attached hydrogen (secondary N) is 1. The van der Waals surface area contributed by atoms with Gasteiger partial charge < -0.3 is 5.32 Å². The molecule has 2 rings (SSSR count). The minimum atomic E-state index is -0.153. The van der Waals surface area contributed by atoms with Crippen molar-refractivity contribution >= 4 is 11.3 Å². The number of aryl methyl sites for hydroxylation is 1. The molecule has 0 saturated heterocycles. The van der Waals surface area contributed by atoms with E-state index < -0.39 is 0 Å². The fourth-order valence-electron chi connectivity index (χ4n) is 2.33. The first-order valence-corrected chi connectivity index (χ1v) is 7.57. The van der Waals surface area contributed by atoms with Crippen molar-refractivity contribution in [1.29, 1.82) is 0 Å². The lowest BCUT2D eigenvalue weighted by atomic mass is 9.98. The second-order valence-corrected chi connectivity index (χ2v) is 5.85. The van der Waals surface area contributed by atoms with E-state index in [0.29, 0.717) is 6.04 Å². The molecule has 3 heteroatoms. The molecule has 0 amide bonds. The fraction of sp³-hybridized carbons (Fsp3) is 0.375. The van der Waals surface area contributed by atoms with Gasteiger partial charge in [0.1, 0.15) is 5.82 Å². The molecule has 0 fully saturated rings. The lowest BCUT2D eigenvalue weighted by molar-refractivity contribution is 0.522. The molecule has 19 heavy (non-hydrogen) atoms. The summed E-state index contributed by atoms with van der Waals surface area (Å²) in [7, 11) is 0. The lowest BCUT2D eigenvalue weighted by Crippen LogP contribution is -2.33. The summed E-state index contributed by atoms with van der Waals surface area (Å²) >= 11 is 1.79. The van der Waals surface area contributed by atoms with Gasteiger partial charge in [-0.15, -0.1) is 11.3 Å². The van der Waals surface area contributed by atoms with Gasteiger partial charge >= 0.3 is 0 Å². The highest BCUT2D eigenvalue weighted by Crippen LogP contribution is 2.16. The third-order valence-corrected chi connectivity index (χ3v) is 4.19. The minimum absolute atomic E-state index is 0.153. The molecular weight excluding hydrogens is 257 g/mol. The first-order valence-electron chi connectivity index (χ1n) is 6.70. The summed E-state index contributed by atoms with van der Waals surface area (Å²) in [6.07, 6.45) is 1.97. The van der Waals surface area contributed by atoms with E-state index >= 15 is 0 Å². The second-order valence-electron chi connectivity index (χ2n) is 4.81. The zero-order valence-electron chi connectivity index (χ0n) is 11.4. The van der Waals surface area contributed by atoms with E-state index in [-0.39, 0.29) is 5.82 Å². The third-order valence-electron chi connectivity index (χ3n) is 3.29. The Balaban J connectivity index is 2.07. The van der Waals surface area contributed by atoms with Gasteiger partial charge in [-0.1, -0.05) is 19.1 Å². The van der Waals surface area contributed by atoms with Crippen molar-refractivity contribution in [1.82, 2.24) is 5.32 Å². The molecule has 0 bridgehead atoms. The molecule has 0 aliphatic rings.